The Morgan fingerprint density at radius 1 is 1.50 bits per heavy atom. The summed E-state index contributed by atoms with van der Waals surface area (Å²) in [5, 5.41) is 0.621. The number of hydrogen-bond donors (Lipinski definition) is 2. The standard InChI is InChI=1S/C12H20N6OS/c1-17(8-11(19)18-5-3-4-6-18)10-7-9(16-13)14-12(15-10)20-2/h7H,3-6,8,13H2,1-2H3,(H,14,15,16). The van der Waals surface area contributed by atoms with Crippen LogP contribution in [-0.2, 0) is 4.79 Å². The number of amides is 1. The van der Waals surface area contributed by atoms with Gasteiger partial charge >= 0.3 is 0 Å². The number of nitrogens with zero attached hydrogens (tertiary/aromatic N) is 4. The van der Waals surface area contributed by atoms with E-state index < -0.39 is 0 Å². The first-order valence-electron chi connectivity index (χ1n) is 6.52. The van der Waals surface area contributed by atoms with Crippen LogP contribution in [0.25, 0.3) is 0 Å². The molecule has 1 aliphatic rings. The second-order valence-electron chi connectivity index (χ2n) is 4.69. The third-order valence-corrected chi connectivity index (χ3v) is 3.79. The lowest BCUT2D eigenvalue weighted by Gasteiger charge is -2.22. The molecule has 1 aliphatic heterocycles. The number of anilines is 2. The smallest absolute Gasteiger partial charge is 0.242 e. The molecule has 1 saturated heterocycles. The van der Waals surface area contributed by atoms with Crippen LogP contribution in [0.4, 0.5) is 11.6 Å². The van der Waals surface area contributed by atoms with Gasteiger partial charge in [0, 0.05) is 26.2 Å². The molecule has 7 nitrogen and oxygen atoms in total. The summed E-state index contributed by atoms with van der Waals surface area (Å²) < 4.78 is 0. The fourth-order valence-electron chi connectivity index (χ4n) is 2.12. The van der Waals surface area contributed by atoms with Gasteiger partial charge in [-0.15, -0.1) is 0 Å². The van der Waals surface area contributed by atoms with Crippen molar-refractivity contribution in [2.24, 2.45) is 5.84 Å². The molecule has 0 unspecified atom stereocenters. The maximum Gasteiger partial charge on any atom is 0.242 e. The molecule has 0 bridgehead atoms. The van der Waals surface area contributed by atoms with Crippen LogP contribution in [0, 0.1) is 0 Å². The molecule has 1 amide bonds. The minimum Gasteiger partial charge on any atom is -0.350 e. The Kier molecular flexibility index (Phi) is 5.02. The first-order valence-corrected chi connectivity index (χ1v) is 7.75. The van der Waals surface area contributed by atoms with Gasteiger partial charge in [0.1, 0.15) is 11.6 Å². The van der Waals surface area contributed by atoms with Crippen molar-refractivity contribution in [2.45, 2.75) is 18.0 Å². The molecule has 3 N–H and O–H groups in total. The lowest BCUT2D eigenvalue weighted by Crippen LogP contribution is -2.37. The molecule has 0 aliphatic carbocycles. The molecule has 0 saturated carbocycles. The number of hydrogen-bond acceptors (Lipinski definition) is 7. The Labute approximate surface area is 122 Å². The molecule has 2 rings (SSSR count). The molecule has 8 heteroatoms. The van der Waals surface area contributed by atoms with E-state index in [1.807, 2.05) is 23.1 Å². The fraction of sp³-hybridized carbons (Fsp3) is 0.583. The minimum absolute atomic E-state index is 0.136. The number of aromatic nitrogens is 2. The Morgan fingerprint density at radius 3 is 2.80 bits per heavy atom. The number of thioether (sulfide) groups is 1. The molecule has 0 aromatic carbocycles. The van der Waals surface area contributed by atoms with Crippen LogP contribution in [0.3, 0.4) is 0 Å². The monoisotopic (exact) mass is 296 g/mol. The highest BCUT2D eigenvalue weighted by Gasteiger charge is 2.20. The van der Waals surface area contributed by atoms with Crippen molar-refractivity contribution in [3.63, 3.8) is 0 Å². The molecule has 110 valence electrons. The van der Waals surface area contributed by atoms with Crippen molar-refractivity contribution in [1.29, 1.82) is 0 Å². The van der Waals surface area contributed by atoms with Crippen molar-refractivity contribution >= 4 is 29.3 Å². The summed E-state index contributed by atoms with van der Waals surface area (Å²) in [6, 6.07) is 1.73. The number of carbonyl (C=O) groups is 1. The average molecular weight is 296 g/mol. The summed E-state index contributed by atoms with van der Waals surface area (Å²) in [5.74, 6) is 6.76. The van der Waals surface area contributed by atoms with Crippen molar-refractivity contribution in [2.75, 3.05) is 43.3 Å². The summed E-state index contributed by atoms with van der Waals surface area (Å²) in [4.78, 5) is 24.4. The number of nitrogens with two attached hydrogens (primary N) is 1. The Bertz CT molecular complexity index is 455. The van der Waals surface area contributed by atoms with Gasteiger partial charge in [-0.05, 0) is 19.1 Å². The van der Waals surface area contributed by atoms with E-state index in [1.54, 1.807) is 6.07 Å². The van der Waals surface area contributed by atoms with Crippen molar-refractivity contribution in [1.82, 2.24) is 14.9 Å². The maximum absolute atomic E-state index is 12.1. The van der Waals surface area contributed by atoms with E-state index >= 15 is 0 Å². The molecule has 1 aromatic rings. The van der Waals surface area contributed by atoms with Crippen molar-refractivity contribution in [3.8, 4) is 0 Å². The minimum atomic E-state index is 0.136. The zero-order valence-electron chi connectivity index (χ0n) is 11.8. The first-order chi connectivity index (χ1) is 9.63. The SMILES string of the molecule is CSc1nc(NN)cc(N(C)CC(=O)N2CCCC2)n1. The van der Waals surface area contributed by atoms with E-state index in [4.69, 9.17) is 5.84 Å². The van der Waals surface area contributed by atoms with Crippen LogP contribution >= 0.6 is 11.8 Å². The van der Waals surface area contributed by atoms with E-state index in [0.29, 0.717) is 23.3 Å². The van der Waals surface area contributed by atoms with Gasteiger partial charge in [0.2, 0.25) is 5.91 Å². The van der Waals surface area contributed by atoms with Gasteiger partial charge in [-0.2, -0.15) is 0 Å². The highest BCUT2D eigenvalue weighted by Crippen LogP contribution is 2.19. The number of nitrogen functional groups attached to an aromatic ring is 1. The summed E-state index contributed by atoms with van der Waals surface area (Å²) in [7, 11) is 1.85. The number of rotatable bonds is 5. The molecule has 1 aromatic heterocycles. The van der Waals surface area contributed by atoms with E-state index in [1.165, 1.54) is 11.8 Å². The lowest BCUT2D eigenvalue weighted by molar-refractivity contribution is -0.128. The maximum atomic E-state index is 12.1. The fourth-order valence-corrected chi connectivity index (χ4v) is 2.50. The van der Waals surface area contributed by atoms with Gasteiger partial charge in [0.15, 0.2) is 5.16 Å². The third kappa shape index (κ3) is 3.51. The topological polar surface area (TPSA) is 87.4 Å². The Balaban J connectivity index is 2.07. The van der Waals surface area contributed by atoms with E-state index in [-0.39, 0.29) is 5.91 Å². The lowest BCUT2D eigenvalue weighted by atomic mass is 10.4. The molecule has 0 spiro atoms. The Hall–Kier alpha value is -1.54. The number of likely N-dealkylation sites (N-methyl/N-ethyl adjacent to an activating group) is 1. The van der Waals surface area contributed by atoms with Gasteiger partial charge in [-0.1, -0.05) is 11.8 Å². The highest BCUT2D eigenvalue weighted by atomic mass is 32.2. The molecule has 0 radical (unpaired) electrons. The summed E-state index contributed by atoms with van der Waals surface area (Å²) >= 11 is 1.43. The van der Waals surface area contributed by atoms with Crippen LogP contribution in [0.2, 0.25) is 0 Å². The molecule has 0 atom stereocenters. The van der Waals surface area contributed by atoms with Crippen LogP contribution in [0.15, 0.2) is 11.2 Å². The van der Waals surface area contributed by atoms with Gasteiger partial charge in [0.05, 0.1) is 6.54 Å². The van der Waals surface area contributed by atoms with Gasteiger partial charge in [-0.3, -0.25) is 4.79 Å². The largest absolute Gasteiger partial charge is 0.350 e. The van der Waals surface area contributed by atoms with E-state index in [9.17, 15) is 4.79 Å². The predicted molar refractivity (Wildman–Crippen MR) is 80.7 cm³/mol. The second kappa shape index (κ2) is 6.76. The normalized spacial score (nSPS) is 14.4. The van der Waals surface area contributed by atoms with Gasteiger partial charge < -0.3 is 15.2 Å². The number of hydrazine groups is 1. The summed E-state index contributed by atoms with van der Waals surface area (Å²) in [6.45, 7) is 2.04. The van der Waals surface area contributed by atoms with Crippen LogP contribution in [0.5, 0.6) is 0 Å². The second-order valence-corrected chi connectivity index (χ2v) is 5.46. The molecule has 1 fully saturated rings. The number of carbonyl (C=O) groups excluding carboxylic acids is 1. The number of likely N-dealkylation sites (tertiary alicyclic amines) is 1. The van der Waals surface area contributed by atoms with E-state index in [2.05, 4.69) is 15.4 Å². The zero-order chi connectivity index (χ0) is 14.5. The van der Waals surface area contributed by atoms with Crippen LogP contribution in [-0.4, -0.2) is 53.7 Å². The van der Waals surface area contributed by atoms with Crippen LogP contribution in [0.1, 0.15) is 12.8 Å². The van der Waals surface area contributed by atoms with Crippen molar-refractivity contribution < 1.29 is 4.79 Å². The first kappa shape index (κ1) is 14.9. The molecular weight excluding hydrogens is 276 g/mol. The van der Waals surface area contributed by atoms with Gasteiger partial charge in [0.25, 0.3) is 0 Å². The van der Waals surface area contributed by atoms with E-state index in [0.717, 1.165) is 25.9 Å². The predicted octanol–water partition coefficient (Wildman–Crippen LogP) is 0.543. The van der Waals surface area contributed by atoms with Crippen molar-refractivity contribution in [3.05, 3.63) is 6.07 Å². The highest BCUT2D eigenvalue weighted by molar-refractivity contribution is 7.98. The quantitative estimate of drug-likeness (QED) is 0.355. The number of nitrogens with one attached hydrogen (secondary N) is 1. The summed E-state index contributed by atoms with van der Waals surface area (Å²) in [6.07, 6.45) is 4.09. The molecule has 2 heterocycles. The Morgan fingerprint density at radius 2 is 2.20 bits per heavy atom. The average Bonchev–Trinajstić information content (AvgIpc) is 3.00. The third-order valence-electron chi connectivity index (χ3n) is 3.24. The molecular formula is C12H20N6OS. The van der Waals surface area contributed by atoms with Gasteiger partial charge in [-0.25, -0.2) is 15.8 Å². The summed E-state index contributed by atoms with van der Waals surface area (Å²) in [5.41, 5.74) is 2.52. The zero-order valence-corrected chi connectivity index (χ0v) is 12.6. The van der Waals surface area contributed by atoms with Crippen LogP contribution < -0.4 is 16.2 Å². The molecule has 20 heavy (non-hydrogen) atoms.